The van der Waals surface area contributed by atoms with Crippen molar-refractivity contribution in [3.05, 3.63) is 39.4 Å². The van der Waals surface area contributed by atoms with E-state index in [0.29, 0.717) is 16.5 Å². The quantitative estimate of drug-likeness (QED) is 0.487. The maximum Gasteiger partial charge on any atom is 0.273 e. The molecule has 1 rings (SSSR count). The molecule has 1 aromatic rings. The Hall–Kier alpha value is -1.43. The van der Waals surface area contributed by atoms with Gasteiger partial charge in [-0.05, 0) is 19.9 Å². The molecule has 1 amide bonds. The van der Waals surface area contributed by atoms with Gasteiger partial charge in [0.25, 0.3) is 11.6 Å². The minimum atomic E-state index is -0.472. The van der Waals surface area contributed by atoms with Crippen LogP contribution in [0.5, 0.6) is 0 Å². The second-order valence-electron chi connectivity index (χ2n) is 4.18. The Bertz CT molecular complexity index is 476. The molecule has 6 heteroatoms. The van der Waals surface area contributed by atoms with E-state index in [1.807, 2.05) is 6.92 Å². The molecule has 0 N–H and O–H groups in total. The lowest BCUT2D eigenvalue weighted by Crippen LogP contribution is -2.36. The molecule has 0 heterocycles. The summed E-state index contributed by atoms with van der Waals surface area (Å²) in [6, 6.07) is 4.56. The third kappa shape index (κ3) is 3.07. The number of carbonyl (C=O) groups is 1. The molecule has 0 radical (unpaired) electrons. The average molecular weight is 315 g/mol. The van der Waals surface area contributed by atoms with Crippen LogP contribution in [0.4, 0.5) is 5.69 Å². The van der Waals surface area contributed by atoms with Crippen LogP contribution >= 0.6 is 15.9 Å². The number of halogens is 1. The third-order valence-electron chi connectivity index (χ3n) is 2.86. The number of nitrogens with zero attached hydrogens (tertiary/aromatic N) is 2. The van der Waals surface area contributed by atoms with Crippen LogP contribution in [0, 0.1) is 17.0 Å². The molecule has 1 atom stereocenters. The van der Waals surface area contributed by atoms with E-state index in [1.165, 1.54) is 6.07 Å². The second kappa shape index (κ2) is 5.95. The highest BCUT2D eigenvalue weighted by atomic mass is 79.9. The van der Waals surface area contributed by atoms with E-state index in [0.717, 1.165) is 0 Å². The lowest BCUT2D eigenvalue weighted by atomic mass is 10.1. The van der Waals surface area contributed by atoms with E-state index in [9.17, 15) is 14.9 Å². The van der Waals surface area contributed by atoms with Crippen molar-refractivity contribution in [2.45, 2.75) is 19.9 Å². The van der Waals surface area contributed by atoms with Crippen LogP contribution in [0.3, 0.4) is 0 Å². The number of rotatable bonds is 4. The van der Waals surface area contributed by atoms with Gasteiger partial charge in [-0.3, -0.25) is 14.9 Å². The van der Waals surface area contributed by atoms with Crippen LogP contribution in [0.25, 0.3) is 0 Å². The largest absolute Gasteiger partial charge is 0.338 e. The Kier molecular flexibility index (Phi) is 4.84. The molecule has 0 bridgehead atoms. The monoisotopic (exact) mass is 314 g/mol. The second-order valence-corrected chi connectivity index (χ2v) is 4.83. The highest BCUT2D eigenvalue weighted by Crippen LogP contribution is 2.20. The Balaban J connectivity index is 3.07. The summed E-state index contributed by atoms with van der Waals surface area (Å²) in [5.74, 6) is -0.218. The summed E-state index contributed by atoms with van der Waals surface area (Å²) < 4.78 is 0. The van der Waals surface area contributed by atoms with Gasteiger partial charge in [-0.15, -0.1) is 0 Å². The number of benzene rings is 1. The maximum absolute atomic E-state index is 12.1. The van der Waals surface area contributed by atoms with E-state index in [1.54, 1.807) is 31.0 Å². The standard InChI is InChI=1S/C12H15BrN2O3/c1-8-4-5-10(6-11(8)15(17)18)12(16)14(3)9(2)7-13/h4-6,9H,7H2,1-3H3. The third-order valence-corrected chi connectivity index (χ3v) is 3.79. The van der Waals surface area contributed by atoms with Gasteiger partial charge in [0.2, 0.25) is 0 Å². The van der Waals surface area contributed by atoms with Gasteiger partial charge < -0.3 is 4.90 Å². The summed E-state index contributed by atoms with van der Waals surface area (Å²) in [4.78, 5) is 24.0. The van der Waals surface area contributed by atoms with Gasteiger partial charge in [0.15, 0.2) is 0 Å². The molecular weight excluding hydrogens is 300 g/mol. The van der Waals surface area contributed by atoms with Crippen LogP contribution in [0.1, 0.15) is 22.8 Å². The van der Waals surface area contributed by atoms with Gasteiger partial charge in [-0.2, -0.15) is 0 Å². The molecule has 0 aliphatic carbocycles. The molecule has 98 valence electrons. The van der Waals surface area contributed by atoms with Gasteiger partial charge in [0, 0.05) is 35.6 Å². The topological polar surface area (TPSA) is 63.5 Å². The van der Waals surface area contributed by atoms with Gasteiger partial charge in [-0.25, -0.2) is 0 Å². The lowest BCUT2D eigenvalue weighted by Gasteiger charge is -2.23. The SMILES string of the molecule is Cc1ccc(C(=O)N(C)C(C)CBr)cc1[N+](=O)[O-]. The summed E-state index contributed by atoms with van der Waals surface area (Å²) in [6.07, 6.45) is 0. The summed E-state index contributed by atoms with van der Waals surface area (Å²) >= 11 is 3.30. The van der Waals surface area contributed by atoms with Gasteiger partial charge >= 0.3 is 0 Å². The van der Waals surface area contributed by atoms with E-state index >= 15 is 0 Å². The number of nitro benzene ring substituents is 1. The predicted octanol–water partition coefficient (Wildman–Crippen LogP) is 2.76. The lowest BCUT2D eigenvalue weighted by molar-refractivity contribution is -0.385. The fraction of sp³-hybridized carbons (Fsp3) is 0.417. The minimum Gasteiger partial charge on any atom is -0.338 e. The smallest absolute Gasteiger partial charge is 0.273 e. The van der Waals surface area contributed by atoms with Crippen molar-refractivity contribution in [1.82, 2.24) is 4.90 Å². The van der Waals surface area contributed by atoms with Crippen molar-refractivity contribution in [2.75, 3.05) is 12.4 Å². The number of amides is 1. The zero-order chi connectivity index (χ0) is 13.9. The Morgan fingerprint density at radius 3 is 2.67 bits per heavy atom. The Morgan fingerprint density at radius 2 is 2.17 bits per heavy atom. The number of carbonyl (C=O) groups excluding carboxylic acids is 1. The zero-order valence-electron chi connectivity index (χ0n) is 10.5. The van der Waals surface area contributed by atoms with Crippen molar-refractivity contribution in [2.24, 2.45) is 0 Å². The fourth-order valence-corrected chi connectivity index (χ4v) is 1.88. The molecule has 0 aliphatic heterocycles. The number of hydrogen-bond donors (Lipinski definition) is 0. The maximum atomic E-state index is 12.1. The van der Waals surface area contributed by atoms with Crippen molar-refractivity contribution in [3.63, 3.8) is 0 Å². The molecule has 5 nitrogen and oxygen atoms in total. The van der Waals surface area contributed by atoms with Crippen LogP contribution in [0.15, 0.2) is 18.2 Å². The van der Waals surface area contributed by atoms with Gasteiger partial charge in [-0.1, -0.05) is 22.0 Å². The number of alkyl halides is 1. The highest BCUT2D eigenvalue weighted by molar-refractivity contribution is 9.09. The van der Waals surface area contributed by atoms with Crippen molar-refractivity contribution >= 4 is 27.5 Å². The normalized spacial score (nSPS) is 12.0. The molecular formula is C12H15BrN2O3. The molecule has 1 aromatic carbocycles. The van der Waals surface area contributed by atoms with Crippen molar-refractivity contribution in [1.29, 1.82) is 0 Å². The van der Waals surface area contributed by atoms with Crippen LogP contribution in [-0.2, 0) is 0 Å². The molecule has 1 unspecified atom stereocenters. The molecule has 0 aliphatic rings. The first-order valence-corrected chi connectivity index (χ1v) is 6.58. The average Bonchev–Trinajstić information content (AvgIpc) is 2.36. The van der Waals surface area contributed by atoms with Crippen molar-refractivity contribution in [3.8, 4) is 0 Å². The molecule has 0 saturated heterocycles. The first kappa shape index (κ1) is 14.6. The Morgan fingerprint density at radius 1 is 1.56 bits per heavy atom. The molecule has 0 fully saturated rings. The first-order valence-electron chi connectivity index (χ1n) is 5.46. The molecule has 0 aromatic heterocycles. The number of aryl methyl sites for hydroxylation is 1. The van der Waals surface area contributed by atoms with Gasteiger partial charge in [0.05, 0.1) is 4.92 Å². The zero-order valence-corrected chi connectivity index (χ0v) is 12.1. The summed E-state index contributed by atoms with van der Waals surface area (Å²) in [5, 5.41) is 11.5. The van der Waals surface area contributed by atoms with Crippen LogP contribution in [-0.4, -0.2) is 34.2 Å². The molecule has 0 spiro atoms. The highest BCUT2D eigenvalue weighted by Gasteiger charge is 2.20. The molecule has 0 saturated carbocycles. The summed E-state index contributed by atoms with van der Waals surface area (Å²) in [7, 11) is 1.68. The number of hydrogen-bond acceptors (Lipinski definition) is 3. The Labute approximate surface area is 114 Å². The van der Waals surface area contributed by atoms with E-state index in [-0.39, 0.29) is 17.6 Å². The van der Waals surface area contributed by atoms with Gasteiger partial charge in [0.1, 0.15) is 0 Å². The fourth-order valence-electron chi connectivity index (χ4n) is 1.45. The predicted molar refractivity (Wildman–Crippen MR) is 73.2 cm³/mol. The van der Waals surface area contributed by atoms with E-state index in [4.69, 9.17) is 0 Å². The van der Waals surface area contributed by atoms with Crippen molar-refractivity contribution < 1.29 is 9.72 Å². The van der Waals surface area contributed by atoms with E-state index in [2.05, 4.69) is 15.9 Å². The summed E-state index contributed by atoms with van der Waals surface area (Å²) in [6.45, 7) is 3.55. The number of nitro groups is 1. The minimum absolute atomic E-state index is 0.0258. The van der Waals surface area contributed by atoms with Crippen LogP contribution < -0.4 is 0 Å². The molecule has 18 heavy (non-hydrogen) atoms. The van der Waals surface area contributed by atoms with E-state index < -0.39 is 4.92 Å². The van der Waals surface area contributed by atoms with Crippen LogP contribution in [0.2, 0.25) is 0 Å². The summed E-state index contributed by atoms with van der Waals surface area (Å²) in [5.41, 5.74) is 0.857. The first-order chi connectivity index (χ1) is 8.38.